The molecule has 2 nitrogen and oxygen atoms in total. The largest absolute Gasteiger partial charge is 0.151 e. The van der Waals surface area contributed by atoms with Gasteiger partial charge in [0.15, 0.2) is 0 Å². The number of hydrogen-bond donors (Lipinski definition) is 0. The molecule has 0 aromatic heterocycles. The molecule has 0 radical (unpaired) electrons. The Morgan fingerprint density at radius 3 is 1.22 bits per heavy atom. The van der Waals surface area contributed by atoms with E-state index in [1.54, 1.807) is 0 Å². The zero-order chi connectivity index (χ0) is 12.8. The van der Waals surface area contributed by atoms with Gasteiger partial charge in [-0.05, 0) is 35.4 Å². The van der Waals surface area contributed by atoms with Gasteiger partial charge in [-0.25, -0.2) is 0 Å². The van der Waals surface area contributed by atoms with Gasteiger partial charge < -0.3 is 0 Å². The Bertz CT molecular complexity index is 469. The lowest BCUT2D eigenvalue weighted by molar-refractivity contribution is 1.22. The van der Waals surface area contributed by atoms with Crippen molar-refractivity contribution in [3.63, 3.8) is 0 Å². The SMILES string of the molecule is ClCc1ccc(N=Nc2ccc(CCl)cc2)cc1. The van der Waals surface area contributed by atoms with Crippen LogP contribution in [0.25, 0.3) is 0 Å². The highest BCUT2D eigenvalue weighted by Crippen LogP contribution is 2.20. The third-order valence-corrected chi connectivity index (χ3v) is 3.08. The lowest BCUT2D eigenvalue weighted by atomic mass is 10.2. The van der Waals surface area contributed by atoms with E-state index in [1.807, 2.05) is 48.5 Å². The summed E-state index contributed by atoms with van der Waals surface area (Å²) < 4.78 is 0. The molecule has 0 fully saturated rings. The molecule has 0 aliphatic heterocycles. The van der Waals surface area contributed by atoms with Crippen molar-refractivity contribution in [3.8, 4) is 0 Å². The van der Waals surface area contributed by atoms with Crippen molar-refractivity contribution in [2.75, 3.05) is 0 Å². The summed E-state index contributed by atoms with van der Waals surface area (Å²) in [6, 6.07) is 15.4. The molecule has 0 spiro atoms. The second kappa shape index (κ2) is 6.53. The van der Waals surface area contributed by atoms with Crippen LogP contribution in [0, 0.1) is 0 Å². The predicted molar refractivity (Wildman–Crippen MR) is 76.2 cm³/mol. The van der Waals surface area contributed by atoms with Crippen LogP contribution in [0.1, 0.15) is 11.1 Å². The van der Waals surface area contributed by atoms with Gasteiger partial charge in [-0.1, -0.05) is 24.3 Å². The van der Waals surface area contributed by atoms with Crippen molar-refractivity contribution >= 4 is 34.6 Å². The van der Waals surface area contributed by atoms with Crippen LogP contribution in [0.5, 0.6) is 0 Å². The molecule has 92 valence electrons. The number of benzene rings is 2. The number of alkyl halides is 2. The highest BCUT2D eigenvalue weighted by Gasteiger charge is 1.93. The Morgan fingerprint density at radius 2 is 0.944 bits per heavy atom. The van der Waals surface area contributed by atoms with Crippen molar-refractivity contribution < 1.29 is 0 Å². The van der Waals surface area contributed by atoms with Crippen LogP contribution in [0.4, 0.5) is 11.4 Å². The van der Waals surface area contributed by atoms with E-state index in [2.05, 4.69) is 10.2 Å². The predicted octanol–water partition coefficient (Wildman–Crippen LogP) is 5.58. The number of azo groups is 1. The van der Waals surface area contributed by atoms with E-state index in [1.165, 1.54) is 0 Å². The molecule has 4 heteroatoms. The molecule has 2 aromatic carbocycles. The summed E-state index contributed by atoms with van der Waals surface area (Å²) in [5.41, 5.74) is 3.76. The summed E-state index contributed by atoms with van der Waals surface area (Å²) in [5, 5.41) is 8.31. The van der Waals surface area contributed by atoms with E-state index in [4.69, 9.17) is 23.2 Å². The van der Waals surface area contributed by atoms with Gasteiger partial charge in [0.25, 0.3) is 0 Å². The lowest BCUT2D eigenvalue weighted by Gasteiger charge is -1.97. The summed E-state index contributed by atoms with van der Waals surface area (Å²) in [6.07, 6.45) is 0. The maximum atomic E-state index is 5.72. The summed E-state index contributed by atoms with van der Waals surface area (Å²) in [6.45, 7) is 0. The van der Waals surface area contributed by atoms with Gasteiger partial charge in [-0.15, -0.1) is 23.2 Å². The topological polar surface area (TPSA) is 24.7 Å². The number of hydrogen-bond acceptors (Lipinski definition) is 2. The van der Waals surface area contributed by atoms with Crippen LogP contribution in [-0.2, 0) is 11.8 Å². The molecule has 0 atom stereocenters. The zero-order valence-electron chi connectivity index (χ0n) is 9.68. The van der Waals surface area contributed by atoms with Gasteiger partial charge in [0.2, 0.25) is 0 Å². The molecular weight excluding hydrogens is 267 g/mol. The minimum Gasteiger partial charge on any atom is -0.151 e. The Kier molecular flexibility index (Phi) is 4.73. The van der Waals surface area contributed by atoms with Crippen LogP contribution in [0.3, 0.4) is 0 Å². The highest BCUT2D eigenvalue weighted by molar-refractivity contribution is 6.17. The molecule has 0 aliphatic rings. The first-order valence-electron chi connectivity index (χ1n) is 5.53. The second-order valence-corrected chi connectivity index (χ2v) is 4.33. The van der Waals surface area contributed by atoms with Crippen LogP contribution in [-0.4, -0.2) is 0 Å². The summed E-state index contributed by atoms with van der Waals surface area (Å²) in [7, 11) is 0. The quantitative estimate of drug-likeness (QED) is 0.515. The van der Waals surface area contributed by atoms with E-state index in [0.717, 1.165) is 22.5 Å². The standard InChI is InChI=1S/C14H12Cl2N2/c15-9-11-1-5-13(6-2-11)17-18-14-7-3-12(10-16)4-8-14/h1-8H,9-10H2. The van der Waals surface area contributed by atoms with Crippen molar-refractivity contribution in [3.05, 3.63) is 59.7 Å². The molecule has 0 unspecified atom stereocenters. The van der Waals surface area contributed by atoms with Crippen LogP contribution < -0.4 is 0 Å². The van der Waals surface area contributed by atoms with Crippen molar-refractivity contribution in [2.24, 2.45) is 10.2 Å². The van der Waals surface area contributed by atoms with Crippen molar-refractivity contribution in [2.45, 2.75) is 11.8 Å². The molecule has 0 aliphatic carbocycles. The molecule has 2 aromatic rings. The lowest BCUT2D eigenvalue weighted by Crippen LogP contribution is -1.75. The molecule has 0 heterocycles. The fourth-order valence-electron chi connectivity index (χ4n) is 1.42. The summed E-state index contributed by atoms with van der Waals surface area (Å²) >= 11 is 11.4. The molecule has 0 saturated carbocycles. The Balaban J connectivity index is 2.08. The zero-order valence-corrected chi connectivity index (χ0v) is 11.2. The average Bonchev–Trinajstić information content (AvgIpc) is 2.46. The highest BCUT2D eigenvalue weighted by atomic mass is 35.5. The number of rotatable bonds is 4. The van der Waals surface area contributed by atoms with E-state index in [0.29, 0.717) is 11.8 Å². The molecule has 2 rings (SSSR count). The minimum atomic E-state index is 0.511. The Hall–Kier alpha value is -1.38. The monoisotopic (exact) mass is 278 g/mol. The van der Waals surface area contributed by atoms with Crippen LogP contribution in [0.2, 0.25) is 0 Å². The number of nitrogens with zero attached hydrogens (tertiary/aromatic N) is 2. The molecular formula is C14H12Cl2N2. The molecule has 0 amide bonds. The normalized spacial score (nSPS) is 11.0. The third-order valence-electron chi connectivity index (χ3n) is 2.46. The third kappa shape index (κ3) is 3.56. The van der Waals surface area contributed by atoms with Crippen molar-refractivity contribution in [1.29, 1.82) is 0 Å². The van der Waals surface area contributed by atoms with Gasteiger partial charge in [-0.3, -0.25) is 0 Å². The molecule has 0 bridgehead atoms. The first-order chi connectivity index (χ1) is 8.81. The number of halogens is 2. The smallest absolute Gasteiger partial charge is 0.0857 e. The van der Waals surface area contributed by atoms with E-state index in [-0.39, 0.29) is 0 Å². The van der Waals surface area contributed by atoms with E-state index >= 15 is 0 Å². The fraction of sp³-hybridized carbons (Fsp3) is 0.143. The van der Waals surface area contributed by atoms with Gasteiger partial charge in [0, 0.05) is 11.8 Å². The van der Waals surface area contributed by atoms with E-state index < -0.39 is 0 Å². The van der Waals surface area contributed by atoms with Gasteiger partial charge in [0.1, 0.15) is 0 Å². The molecule has 0 saturated heterocycles. The Morgan fingerprint density at radius 1 is 0.611 bits per heavy atom. The minimum absolute atomic E-state index is 0.511. The summed E-state index contributed by atoms with van der Waals surface area (Å²) in [5.74, 6) is 1.02. The first kappa shape index (κ1) is 13.1. The van der Waals surface area contributed by atoms with Crippen LogP contribution >= 0.6 is 23.2 Å². The molecule has 18 heavy (non-hydrogen) atoms. The van der Waals surface area contributed by atoms with Crippen molar-refractivity contribution in [1.82, 2.24) is 0 Å². The van der Waals surface area contributed by atoms with Crippen LogP contribution in [0.15, 0.2) is 58.8 Å². The average molecular weight is 279 g/mol. The van der Waals surface area contributed by atoms with Gasteiger partial charge >= 0.3 is 0 Å². The Labute approximate surface area is 116 Å². The first-order valence-corrected chi connectivity index (χ1v) is 6.60. The van der Waals surface area contributed by atoms with Gasteiger partial charge in [-0.2, -0.15) is 10.2 Å². The second-order valence-electron chi connectivity index (χ2n) is 3.80. The maximum Gasteiger partial charge on any atom is 0.0857 e. The van der Waals surface area contributed by atoms with Gasteiger partial charge in [0.05, 0.1) is 11.4 Å². The van der Waals surface area contributed by atoms with E-state index in [9.17, 15) is 0 Å². The fourth-order valence-corrected chi connectivity index (χ4v) is 1.78. The summed E-state index contributed by atoms with van der Waals surface area (Å²) in [4.78, 5) is 0. The molecule has 0 N–H and O–H groups in total. The maximum absolute atomic E-state index is 5.72.